The van der Waals surface area contributed by atoms with Crippen molar-refractivity contribution in [2.75, 3.05) is 19.0 Å². The summed E-state index contributed by atoms with van der Waals surface area (Å²) in [6.45, 7) is 1.77. The van der Waals surface area contributed by atoms with E-state index in [1.165, 1.54) is 12.1 Å². The second kappa shape index (κ2) is 5.57. The van der Waals surface area contributed by atoms with Gasteiger partial charge < -0.3 is 9.32 Å². The van der Waals surface area contributed by atoms with Crippen LogP contribution in [-0.4, -0.2) is 14.1 Å². The number of aryl methyl sites for hydroxylation is 1. The first-order valence-electron chi connectivity index (χ1n) is 6.12. The molecule has 1 aromatic heterocycles. The minimum atomic E-state index is -0.0358. The fourth-order valence-electron chi connectivity index (χ4n) is 1.77. The van der Waals surface area contributed by atoms with Crippen LogP contribution >= 0.6 is 0 Å². The van der Waals surface area contributed by atoms with Gasteiger partial charge in [-0.1, -0.05) is 18.2 Å². The summed E-state index contributed by atoms with van der Waals surface area (Å²) in [5.74, 6) is 1.19. The molecule has 0 bridgehead atoms. The van der Waals surface area contributed by atoms with E-state index < -0.39 is 0 Å². The number of hydrogen-bond acceptors (Lipinski definition) is 3. The molecule has 0 unspecified atom stereocenters. The van der Waals surface area contributed by atoms with Crippen molar-refractivity contribution in [2.24, 2.45) is 0 Å². The minimum Gasteiger partial charge on any atom is -0.462 e. The molecule has 0 spiro atoms. The Morgan fingerprint density at radius 3 is 2.32 bits per heavy atom. The average Bonchev–Trinajstić information content (AvgIpc) is 2.36. The lowest BCUT2D eigenvalue weighted by atomic mass is 10.2. The molecule has 0 aliphatic heterocycles. The maximum absolute atomic E-state index is 11.3. The first-order chi connectivity index (χ1) is 9.04. The maximum Gasteiger partial charge on any atom is 0.185 e. The highest BCUT2D eigenvalue weighted by Gasteiger charge is 1.96. The van der Waals surface area contributed by atoms with Crippen LogP contribution in [0.2, 0.25) is 0 Å². The van der Waals surface area contributed by atoms with Crippen LogP contribution in [-0.2, 0) is 0 Å². The van der Waals surface area contributed by atoms with E-state index in [4.69, 9.17) is 4.42 Å². The highest BCUT2D eigenvalue weighted by molar-refractivity contribution is 5.68. The summed E-state index contributed by atoms with van der Waals surface area (Å²) in [7, 11) is 4.01. The van der Waals surface area contributed by atoms with Crippen LogP contribution in [0.15, 0.2) is 45.6 Å². The van der Waals surface area contributed by atoms with Gasteiger partial charge in [0.1, 0.15) is 11.5 Å². The van der Waals surface area contributed by atoms with Crippen LogP contribution in [0.3, 0.4) is 0 Å². The van der Waals surface area contributed by atoms with Crippen LogP contribution in [0.5, 0.6) is 0 Å². The number of rotatable bonds is 3. The van der Waals surface area contributed by atoms with E-state index in [0.29, 0.717) is 11.5 Å². The standard InChI is InChI=1S/C16H17NO2/c1-12-10-15(18)11-16(19-12)9-6-13-4-7-14(8-5-13)17(2)3/h4-11H,1-3H3. The Labute approximate surface area is 112 Å². The summed E-state index contributed by atoms with van der Waals surface area (Å²) in [5.41, 5.74) is 2.18. The van der Waals surface area contributed by atoms with Crippen molar-refractivity contribution in [2.45, 2.75) is 6.92 Å². The lowest BCUT2D eigenvalue weighted by Crippen LogP contribution is -2.07. The molecule has 0 saturated heterocycles. The normalized spacial score (nSPS) is 10.9. The van der Waals surface area contributed by atoms with Gasteiger partial charge >= 0.3 is 0 Å². The monoisotopic (exact) mass is 255 g/mol. The zero-order valence-electron chi connectivity index (χ0n) is 11.4. The van der Waals surface area contributed by atoms with Gasteiger partial charge in [-0.3, -0.25) is 4.79 Å². The molecule has 0 N–H and O–H groups in total. The van der Waals surface area contributed by atoms with Crippen molar-refractivity contribution in [1.82, 2.24) is 0 Å². The zero-order chi connectivity index (χ0) is 13.8. The highest BCUT2D eigenvalue weighted by atomic mass is 16.3. The quantitative estimate of drug-likeness (QED) is 0.844. The van der Waals surface area contributed by atoms with E-state index in [9.17, 15) is 4.79 Å². The number of anilines is 1. The molecule has 1 heterocycles. The highest BCUT2D eigenvalue weighted by Crippen LogP contribution is 2.14. The molecule has 19 heavy (non-hydrogen) atoms. The lowest BCUT2D eigenvalue weighted by molar-refractivity contribution is 0.505. The van der Waals surface area contributed by atoms with E-state index in [-0.39, 0.29) is 5.43 Å². The predicted molar refractivity (Wildman–Crippen MR) is 79.4 cm³/mol. The SMILES string of the molecule is Cc1cc(=O)cc(C=Cc2ccc(N(C)C)cc2)o1. The van der Waals surface area contributed by atoms with Gasteiger partial charge in [-0.05, 0) is 30.7 Å². The molecule has 0 atom stereocenters. The minimum absolute atomic E-state index is 0.0358. The van der Waals surface area contributed by atoms with Gasteiger partial charge in [0.25, 0.3) is 0 Å². The number of hydrogen-bond donors (Lipinski definition) is 0. The average molecular weight is 255 g/mol. The Hall–Kier alpha value is -2.29. The zero-order valence-corrected chi connectivity index (χ0v) is 11.4. The van der Waals surface area contributed by atoms with Crippen LogP contribution in [0.1, 0.15) is 17.1 Å². The summed E-state index contributed by atoms with van der Waals surface area (Å²) >= 11 is 0. The molecule has 0 aliphatic rings. The van der Waals surface area contributed by atoms with E-state index in [1.807, 2.05) is 49.3 Å². The molecule has 98 valence electrons. The number of benzene rings is 1. The third-order valence-corrected chi connectivity index (χ3v) is 2.76. The van der Waals surface area contributed by atoms with Crippen molar-refractivity contribution >= 4 is 17.8 Å². The molecule has 0 fully saturated rings. The van der Waals surface area contributed by atoms with Crippen molar-refractivity contribution in [3.8, 4) is 0 Å². The van der Waals surface area contributed by atoms with Crippen LogP contribution < -0.4 is 10.3 Å². The molecule has 2 rings (SSSR count). The summed E-state index contributed by atoms with van der Waals surface area (Å²) in [6.07, 6.45) is 3.73. The van der Waals surface area contributed by atoms with Crippen molar-refractivity contribution < 1.29 is 4.42 Å². The van der Waals surface area contributed by atoms with Gasteiger partial charge in [0.2, 0.25) is 0 Å². The molecular weight excluding hydrogens is 238 g/mol. The maximum atomic E-state index is 11.3. The molecule has 3 heteroatoms. The Balaban J connectivity index is 2.20. The third-order valence-electron chi connectivity index (χ3n) is 2.76. The summed E-state index contributed by atoms with van der Waals surface area (Å²) in [4.78, 5) is 13.4. The second-order valence-electron chi connectivity index (χ2n) is 4.63. The van der Waals surface area contributed by atoms with Crippen molar-refractivity contribution in [1.29, 1.82) is 0 Å². The topological polar surface area (TPSA) is 33.5 Å². The van der Waals surface area contributed by atoms with Gasteiger partial charge in [-0.15, -0.1) is 0 Å². The van der Waals surface area contributed by atoms with E-state index in [1.54, 1.807) is 13.0 Å². The van der Waals surface area contributed by atoms with Crippen molar-refractivity contribution in [3.05, 3.63) is 63.7 Å². The molecular formula is C16H17NO2. The molecule has 3 nitrogen and oxygen atoms in total. The van der Waals surface area contributed by atoms with Crippen LogP contribution in [0.25, 0.3) is 12.2 Å². The summed E-state index contributed by atoms with van der Waals surface area (Å²) in [6, 6.07) is 11.1. The third kappa shape index (κ3) is 3.58. The Kier molecular flexibility index (Phi) is 3.85. The predicted octanol–water partition coefficient (Wildman–Crippen LogP) is 3.18. The molecule has 1 aromatic carbocycles. The lowest BCUT2D eigenvalue weighted by Gasteiger charge is -2.11. The summed E-state index contributed by atoms with van der Waals surface area (Å²) < 4.78 is 5.45. The first-order valence-corrected chi connectivity index (χ1v) is 6.12. The van der Waals surface area contributed by atoms with E-state index >= 15 is 0 Å². The second-order valence-corrected chi connectivity index (χ2v) is 4.63. The molecule has 0 radical (unpaired) electrons. The van der Waals surface area contributed by atoms with Gasteiger partial charge in [0.15, 0.2) is 5.43 Å². The van der Waals surface area contributed by atoms with Crippen LogP contribution in [0.4, 0.5) is 5.69 Å². The number of nitrogens with zero attached hydrogens (tertiary/aromatic N) is 1. The fraction of sp³-hybridized carbons (Fsp3) is 0.188. The molecule has 0 amide bonds. The van der Waals surface area contributed by atoms with Gasteiger partial charge in [0, 0.05) is 31.9 Å². The summed E-state index contributed by atoms with van der Waals surface area (Å²) in [5, 5.41) is 0. The smallest absolute Gasteiger partial charge is 0.185 e. The molecule has 0 saturated carbocycles. The molecule has 0 aliphatic carbocycles. The van der Waals surface area contributed by atoms with Gasteiger partial charge in [-0.25, -0.2) is 0 Å². The Bertz CT molecular complexity index is 637. The van der Waals surface area contributed by atoms with Crippen molar-refractivity contribution in [3.63, 3.8) is 0 Å². The Morgan fingerprint density at radius 2 is 1.74 bits per heavy atom. The largest absolute Gasteiger partial charge is 0.462 e. The molecule has 2 aromatic rings. The first kappa shape index (κ1) is 13.1. The van der Waals surface area contributed by atoms with E-state index in [2.05, 4.69) is 0 Å². The Morgan fingerprint density at radius 1 is 1.05 bits per heavy atom. The van der Waals surface area contributed by atoms with Gasteiger partial charge in [-0.2, -0.15) is 0 Å². The van der Waals surface area contributed by atoms with E-state index in [0.717, 1.165) is 11.3 Å². The fourth-order valence-corrected chi connectivity index (χ4v) is 1.77. The van der Waals surface area contributed by atoms with Crippen LogP contribution in [0, 0.1) is 6.92 Å². The van der Waals surface area contributed by atoms with Gasteiger partial charge in [0.05, 0.1) is 0 Å².